The first-order valence-corrected chi connectivity index (χ1v) is 7.35. The predicted octanol–water partition coefficient (Wildman–Crippen LogP) is 3.50. The number of carboxylic acids is 1. The Balaban J connectivity index is 2.99. The van der Waals surface area contributed by atoms with Gasteiger partial charge in [-0.3, -0.25) is 14.9 Å². The largest absolute Gasteiger partial charge is 0.481 e. The molecular formula is C13H17IN2O4. The van der Waals surface area contributed by atoms with E-state index in [1.165, 1.54) is 6.07 Å². The van der Waals surface area contributed by atoms with Gasteiger partial charge in [-0.15, -0.1) is 0 Å². The zero-order valence-corrected chi connectivity index (χ0v) is 13.5. The van der Waals surface area contributed by atoms with Gasteiger partial charge in [0.15, 0.2) is 0 Å². The molecule has 0 saturated heterocycles. The molecule has 0 amide bonds. The highest BCUT2D eigenvalue weighted by molar-refractivity contribution is 14.1. The van der Waals surface area contributed by atoms with Crippen molar-refractivity contribution in [3.8, 4) is 0 Å². The molecule has 0 unspecified atom stereocenters. The lowest BCUT2D eigenvalue weighted by Gasteiger charge is -2.27. The first-order chi connectivity index (χ1) is 9.36. The lowest BCUT2D eigenvalue weighted by Crippen LogP contribution is -2.37. The van der Waals surface area contributed by atoms with Gasteiger partial charge < -0.3 is 10.4 Å². The molecule has 0 bridgehead atoms. The van der Waals surface area contributed by atoms with Gasteiger partial charge in [0.1, 0.15) is 5.69 Å². The van der Waals surface area contributed by atoms with E-state index in [0.29, 0.717) is 18.5 Å². The minimum absolute atomic E-state index is 0.0385. The summed E-state index contributed by atoms with van der Waals surface area (Å²) >= 11 is 2.00. The van der Waals surface area contributed by atoms with E-state index in [1.54, 1.807) is 12.1 Å². The SMILES string of the molecule is CCC(CC)(CNc1ccc(I)cc1[N+](=O)[O-])C(=O)O. The molecule has 0 fully saturated rings. The highest BCUT2D eigenvalue weighted by Gasteiger charge is 2.35. The average Bonchev–Trinajstić information content (AvgIpc) is 2.41. The molecule has 20 heavy (non-hydrogen) atoms. The van der Waals surface area contributed by atoms with Crippen LogP contribution in [0.1, 0.15) is 26.7 Å². The molecule has 110 valence electrons. The summed E-state index contributed by atoms with van der Waals surface area (Å²) in [7, 11) is 0. The summed E-state index contributed by atoms with van der Waals surface area (Å²) in [6, 6.07) is 4.82. The summed E-state index contributed by atoms with van der Waals surface area (Å²) in [5.74, 6) is -0.886. The summed E-state index contributed by atoms with van der Waals surface area (Å²) in [5.41, 5.74) is -0.594. The van der Waals surface area contributed by atoms with Crippen molar-refractivity contribution in [2.24, 2.45) is 5.41 Å². The summed E-state index contributed by atoms with van der Waals surface area (Å²) in [5, 5.41) is 23.3. The molecule has 0 aliphatic heterocycles. The van der Waals surface area contributed by atoms with E-state index < -0.39 is 16.3 Å². The maximum absolute atomic E-state index is 11.4. The Bertz CT molecular complexity index is 515. The minimum Gasteiger partial charge on any atom is -0.481 e. The van der Waals surface area contributed by atoms with E-state index in [-0.39, 0.29) is 12.2 Å². The van der Waals surface area contributed by atoms with Crippen molar-refractivity contribution < 1.29 is 14.8 Å². The number of nitro benzene ring substituents is 1. The number of benzene rings is 1. The Morgan fingerprint density at radius 2 is 2.05 bits per heavy atom. The molecule has 0 saturated carbocycles. The van der Waals surface area contributed by atoms with Crippen LogP contribution in [0.5, 0.6) is 0 Å². The zero-order chi connectivity index (χ0) is 15.3. The smallest absolute Gasteiger partial charge is 0.311 e. The zero-order valence-electron chi connectivity index (χ0n) is 11.4. The number of halogens is 1. The Morgan fingerprint density at radius 3 is 2.50 bits per heavy atom. The van der Waals surface area contributed by atoms with Crippen molar-refractivity contribution in [1.82, 2.24) is 0 Å². The maximum atomic E-state index is 11.4. The van der Waals surface area contributed by atoms with E-state index in [4.69, 9.17) is 0 Å². The Hall–Kier alpha value is -1.38. The summed E-state index contributed by atoms with van der Waals surface area (Å²) in [6.45, 7) is 3.78. The van der Waals surface area contributed by atoms with Gasteiger partial charge in [-0.05, 0) is 47.6 Å². The molecule has 0 spiro atoms. The molecular weight excluding hydrogens is 375 g/mol. The fraction of sp³-hybridized carbons (Fsp3) is 0.462. The minimum atomic E-state index is -0.906. The third kappa shape index (κ3) is 3.59. The molecule has 0 atom stereocenters. The van der Waals surface area contributed by atoms with Gasteiger partial charge in [-0.1, -0.05) is 13.8 Å². The molecule has 6 nitrogen and oxygen atoms in total. The van der Waals surface area contributed by atoms with E-state index in [9.17, 15) is 20.0 Å². The molecule has 0 aliphatic rings. The number of rotatable bonds is 7. The number of carbonyl (C=O) groups is 1. The van der Waals surface area contributed by atoms with Crippen LogP contribution in [0.2, 0.25) is 0 Å². The number of carboxylic acid groups (broad SMARTS) is 1. The highest BCUT2D eigenvalue weighted by atomic mass is 127. The molecule has 0 aliphatic carbocycles. The lowest BCUT2D eigenvalue weighted by molar-refractivity contribution is -0.384. The summed E-state index contributed by atoms with van der Waals surface area (Å²) in [6.07, 6.45) is 0.925. The molecule has 0 heterocycles. The first kappa shape index (κ1) is 16.7. The first-order valence-electron chi connectivity index (χ1n) is 6.27. The van der Waals surface area contributed by atoms with Gasteiger partial charge in [0.25, 0.3) is 5.69 Å². The number of nitrogens with one attached hydrogen (secondary N) is 1. The van der Waals surface area contributed by atoms with Crippen LogP contribution in [0.4, 0.5) is 11.4 Å². The molecule has 1 aromatic rings. The Labute approximate surface area is 130 Å². The van der Waals surface area contributed by atoms with Gasteiger partial charge in [0.2, 0.25) is 0 Å². The van der Waals surface area contributed by atoms with Crippen LogP contribution in [-0.4, -0.2) is 22.5 Å². The van der Waals surface area contributed by atoms with Gasteiger partial charge in [0, 0.05) is 16.2 Å². The summed E-state index contributed by atoms with van der Waals surface area (Å²) < 4.78 is 0.760. The van der Waals surface area contributed by atoms with Crippen molar-refractivity contribution >= 4 is 39.9 Å². The third-order valence-corrected chi connectivity index (χ3v) is 4.25. The van der Waals surface area contributed by atoms with Crippen LogP contribution in [-0.2, 0) is 4.79 Å². The lowest BCUT2D eigenvalue weighted by atomic mass is 9.82. The molecule has 0 radical (unpaired) electrons. The Morgan fingerprint density at radius 1 is 1.45 bits per heavy atom. The van der Waals surface area contributed by atoms with Crippen molar-refractivity contribution in [1.29, 1.82) is 0 Å². The fourth-order valence-electron chi connectivity index (χ4n) is 1.95. The monoisotopic (exact) mass is 392 g/mol. The topological polar surface area (TPSA) is 92.5 Å². The summed E-state index contributed by atoms with van der Waals surface area (Å²) in [4.78, 5) is 22.0. The normalized spacial score (nSPS) is 11.2. The van der Waals surface area contributed by atoms with E-state index in [1.807, 2.05) is 36.4 Å². The highest BCUT2D eigenvalue weighted by Crippen LogP contribution is 2.31. The maximum Gasteiger partial charge on any atom is 0.311 e. The van der Waals surface area contributed by atoms with Gasteiger partial charge in [-0.25, -0.2) is 0 Å². The van der Waals surface area contributed by atoms with Crippen LogP contribution >= 0.6 is 22.6 Å². The number of anilines is 1. The molecule has 1 rings (SSSR count). The Kier molecular flexibility index (Phi) is 5.73. The standard InChI is InChI=1S/C13H17IN2O4/c1-3-13(4-2,12(17)18)8-15-10-6-5-9(14)7-11(10)16(19)20/h5-7,15H,3-4,8H2,1-2H3,(H,17,18). The van der Waals surface area contributed by atoms with Crippen LogP contribution in [0.25, 0.3) is 0 Å². The number of hydrogen-bond donors (Lipinski definition) is 2. The van der Waals surface area contributed by atoms with Crippen molar-refractivity contribution in [3.63, 3.8) is 0 Å². The van der Waals surface area contributed by atoms with Crippen LogP contribution in [0.3, 0.4) is 0 Å². The quantitative estimate of drug-likeness (QED) is 0.421. The van der Waals surface area contributed by atoms with E-state index >= 15 is 0 Å². The molecule has 1 aromatic carbocycles. The van der Waals surface area contributed by atoms with Crippen LogP contribution in [0.15, 0.2) is 18.2 Å². The van der Waals surface area contributed by atoms with Crippen molar-refractivity contribution in [2.45, 2.75) is 26.7 Å². The molecule has 0 aromatic heterocycles. The van der Waals surface area contributed by atoms with E-state index in [2.05, 4.69) is 5.32 Å². The van der Waals surface area contributed by atoms with Gasteiger partial charge in [-0.2, -0.15) is 0 Å². The second-order valence-corrected chi connectivity index (χ2v) is 5.81. The second kappa shape index (κ2) is 6.87. The molecule has 2 N–H and O–H groups in total. The van der Waals surface area contributed by atoms with Gasteiger partial charge in [0.05, 0.1) is 10.3 Å². The number of aliphatic carboxylic acids is 1. The average molecular weight is 392 g/mol. The number of nitro groups is 1. The van der Waals surface area contributed by atoms with Crippen LogP contribution in [0, 0.1) is 19.1 Å². The number of nitrogens with zero attached hydrogens (tertiary/aromatic N) is 1. The molecule has 7 heteroatoms. The van der Waals surface area contributed by atoms with Crippen molar-refractivity contribution in [2.75, 3.05) is 11.9 Å². The number of hydrogen-bond acceptors (Lipinski definition) is 4. The van der Waals surface area contributed by atoms with Gasteiger partial charge >= 0.3 is 5.97 Å². The van der Waals surface area contributed by atoms with E-state index in [0.717, 1.165) is 3.57 Å². The second-order valence-electron chi connectivity index (χ2n) is 4.56. The fourth-order valence-corrected chi connectivity index (χ4v) is 2.42. The van der Waals surface area contributed by atoms with Crippen LogP contribution < -0.4 is 5.32 Å². The predicted molar refractivity (Wildman–Crippen MR) is 85.0 cm³/mol. The van der Waals surface area contributed by atoms with Crippen molar-refractivity contribution in [3.05, 3.63) is 31.9 Å². The third-order valence-electron chi connectivity index (χ3n) is 3.58.